The van der Waals surface area contributed by atoms with Crippen molar-refractivity contribution in [3.63, 3.8) is 0 Å². The van der Waals surface area contributed by atoms with Crippen LogP contribution < -0.4 is 9.64 Å². The second-order valence-electron chi connectivity index (χ2n) is 6.23. The van der Waals surface area contributed by atoms with E-state index < -0.39 is 11.9 Å². The maximum atomic E-state index is 13.4. The molecule has 0 spiro atoms. The van der Waals surface area contributed by atoms with Crippen LogP contribution in [0.1, 0.15) is 5.56 Å². The third-order valence-electron chi connectivity index (χ3n) is 4.28. The molecule has 7 heteroatoms. The Balaban J connectivity index is 1.93. The largest absolute Gasteiger partial charge is 0.489 e. The number of rotatable bonds is 6. The number of halogens is 1. The number of esters is 2. The van der Waals surface area contributed by atoms with Gasteiger partial charge >= 0.3 is 11.9 Å². The van der Waals surface area contributed by atoms with Crippen LogP contribution in [-0.4, -0.2) is 26.2 Å². The number of allylic oxidation sites excluding steroid dienone is 2. The van der Waals surface area contributed by atoms with Gasteiger partial charge in [-0.25, -0.2) is 14.0 Å². The third-order valence-corrected chi connectivity index (χ3v) is 4.28. The highest BCUT2D eigenvalue weighted by atomic mass is 19.1. The minimum atomic E-state index is -0.697. The number of hydrogen-bond donors (Lipinski definition) is 0. The number of ether oxygens (including phenoxy) is 3. The van der Waals surface area contributed by atoms with E-state index >= 15 is 0 Å². The summed E-state index contributed by atoms with van der Waals surface area (Å²) < 4.78 is 28.8. The van der Waals surface area contributed by atoms with Crippen molar-refractivity contribution in [3.05, 3.63) is 95.6 Å². The number of nitrogens with zero attached hydrogens (tertiary/aromatic N) is 1. The molecule has 1 heterocycles. The lowest BCUT2D eigenvalue weighted by molar-refractivity contribution is -0.139. The fourth-order valence-electron chi connectivity index (χ4n) is 2.88. The van der Waals surface area contributed by atoms with Gasteiger partial charge in [-0.3, -0.25) is 0 Å². The molecule has 1 aliphatic rings. The van der Waals surface area contributed by atoms with Gasteiger partial charge in [-0.05, 0) is 42.0 Å². The van der Waals surface area contributed by atoms with E-state index in [1.165, 1.54) is 37.3 Å². The highest BCUT2D eigenvalue weighted by Gasteiger charge is 2.27. The fourth-order valence-corrected chi connectivity index (χ4v) is 2.88. The summed E-state index contributed by atoms with van der Waals surface area (Å²) in [6.07, 6.45) is 6.42. The first-order valence-electron chi connectivity index (χ1n) is 9.06. The Hall–Kier alpha value is -3.87. The minimum Gasteiger partial charge on any atom is -0.489 e. The Kier molecular flexibility index (Phi) is 6.64. The van der Waals surface area contributed by atoms with E-state index in [4.69, 9.17) is 14.2 Å². The van der Waals surface area contributed by atoms with Crippen LogP contribution in [0, 0.1) is 5.82 Å². The van der Waals surface area contributed by atoms with Crippen molar-refractivity contribution in [3.8, 4) is 5.75 Å². The zero-order valence-electron chi connectivity index (χ0n) is 16.5. The average molecular weight is 409 g/mol. The number of carbonyl (C=O) groups is 2. The van der Waals surface area contributed by atoms with Gasteiger partial charge in [0.1, 0.15) is 23.9 Å². The molecule has 0 unspecified atom stereocenters. The van der Waals surface area contributed by atoms with Crippen molar-refractivity contribution < 1.29 is 28.2 Å². The van der Waals surface area contributed by atoms with E-state index in [0.717, 1.165) is 0 Å². The SMILES string of the molecule is COC(=O)C1=C(C(=O)OC)N(c2cccc(OCc3cccc(F)c3)c2)C=CC=C1. The van der Waals surface area contributed by atoms with Gasteiger partial charge in [-0.15, -0.1) is 0 Å². The summed E-state index contributed by atoms with van der Waals surface area (Å²) >= 11 is 0. The van der Waals surface area contributed by atoms with Crippen molar-refractivity contribution in [2.45, 2.75) is 6.61 Å². The van der Waals surface area contributed by atoms with Gasteiger partial charge in [-0.2, -0.15) is 0 Å². The van der Waals surface area contributed by atoms with E-state index in [-0.39, 0.29) is 23.7 Å². The van der Waals surface area contributed by atoms with Crippen LogP contribution in [0.5, 0.6) is 5.75 Å². The van der Waals surface area contributed by atoms with Gasteiger partial charge < -0.3 is 19.1 Å². The quantitative estimate of drug-likeness (QED) is 0.675. The van der Waals surface area contributed by atoms with Crippen molar-refractivity contribution >= 4 is 17.6 Å². The second-order valence-corrected chi connectivity index (χ2v) is 6.23. The Bertz CT molecular complexity index is 1040. The highest BCUT2D eigenvalue weighted by Crippen LogP contribution is 2.29. The van der Waals surface area contributed by atoms with Crippen LogP contribution in [0.4, 0.5) is 10.1 Å². The average Bonchev–Trinajstić information content (AvgIpc) is 3.00. The summed E-state index contributed by atoms with van der Waals surface area (Å²) in [5.41, 5.74) is 1.31. The molecule has 0 aliphatic carbocycles. The first kappa shape index (κ1) is 20.9. The van der Waals surface area contributed by atoms with Crippen molar-refractivity contribution in [2.24, 2.45) is 0 Å². The Morgan fingerprint density at radius 2 is 1.73 bits per heavy atom. The number of hydrogen-bond acceptors (Lipinski definition) is 6. The molecule has 30 heavy (non-hydrogen) atoms. The molecule has 0 amide bonds. The monoisotopic (exact) mass is 409 g/mol. The molecule has 0 saturated carbocycles. The number of benzene rings is 2. The van der Waals surface area contributed by atoms with Gasteiger partial charge in [-0.1, -0.05) is 24.3 Å². The second kappa shape index (κ2) is 9.56. The predicted octanol–water partition coefficient (Wildman–Crippen LogP) is 3.89. The molecular formula is C23H20FNO5. The summed E-state index contributed by atoms with van der Waals surface area (Å²) in [4.78, 5) is 26.3. The lowest BCUT2D eigenvalue weighted by Gasteiger charge is -2.23. The lowest BCUT2D eigenvalue weighted by Crippen LogP contribution is -2.26. The molecule has 2 aromatic carbocycles. The molecule has 0 N–H and O–H groups in total. The molecule has 0 fully saturated rings. The molecule has 0 aromatic heterocycles. The van der Waals surface area contributed by atoms with E-state index in [2.05, 4.69) is 0 Å². The standard InChI is InChI=1S/C23H20FNO5/c1-28-22(26)20-11-3-4-12-25(21(20)23(27)29-2)18-9-6-10-19(14-18)30-15-16-7-5-8-17(24)13-16/h3-14H,15H2,1-2H3. The smallest absolute Gasteiger partial charge is 0.355 e. The van der Waals surface area contributed by atoms with E-state index in [0.29, 0.717) is 17.0 Å². The van der Waals surface area contributed by atoms with Crippen LogP contribution in [0.2, 0.25) is 0 Å². The molecule has 1 aliphatic heterocycles. The first-order chi connectivity index (χ1) is 14.5. The van der Waals surface area contributed by atoms with Crippen LogP contribution >= 0.6 is 0 Å². The van der Waals surface area contributed by atoms with Gasteiger partial charge in [0.2, 0.25) is 0 Å². The highest BCUT2D eigenvalue weighted by molar-refractivity contribution is 6.05. The topological polar surface area (TPSA) is 65.1 Å². The summed E-state index contributed by atoms with van der Waals surface area (Å²) in [7, 11) is 2.47. The molecule has 0 bridgehead atoms. The molecule has 2 aromatic rings. The number of carbonyl (C=O) groups excluding carboxylic acids is 2. The van der Waals surface area contributed by atoms with Crippen LogP contribution in [0.15, 0.2) is 84.2 Å². The normalized spacial score (nSPS) is 13.1. The summed E-state index contributed by atoms with van der Waals surface area (Å²) in [6.45, 7) is 0.172. The minimum absolute atomic E-state index is 0.0108. The van der Waals surface area contributed by atoms with E-state index in [1.54, 1.807) is 54.8 Å². The fraction of sp³-hybridized carbons (Fsp3) is 0.130. The van der Waals surface area contributed by atoms with Crippen molar-refractivity contribution in [1.29, 1.82) is 0 Å². The molecule has 0 radical (unpaired) electrons. The molecule has 6 nitrogen and oxygen atoms in total. The Morgan fingerprint density at radius 1 is 0.967 bits per heavy atom. The summed E-state index contributed by atoms with van der Waals surface area (Å²) in [5, 5.41) is 0. The zero-order chi connectivity index (χ0) is 21.5. The number of methoxy groups -OCH3 is 2. The van der Waals surface area contributed by atoms with E-state index in [9.17, 15) is 14.0 Å². The zero-order valence-corrected chi connectivity index (χ0v) is 16.5. The van der Waals surface area contributed by atoms with Gasteiger partial charge in [0, 0.05) is 18.0 Å². The maximum Gasteiger partial charge on any atom is 0.355 e. The third kappa shape index (κ3) is 4.75. The van der Waals surface area contributed by atoms with Crippen LogP contribution in [0.25, 0.3) is 0 Å². The number of anilines is 1. The van der Waals surface area contributed by atoms with Crippen molar-refractivity contribution in [1.82, 2.24) is 0 Å². The Labute approximate surface area is 173 Å². The molecule has 0 atom stereocenters. The molecule has 0 saturated heterocycles. The maximum absolute atomic E-state index is 13.4. The molecule has 3 rings (SSSR count). The lowest BCUT2D eigenvalue weighted by atomic mass is 10.1. The first-order valence-corrected chi connectivity index (χ1v) is 9.06. The molecule has 154 valence electrons. The van der Waals surface area contributed by atoms with Crippen LogP contribution in [0.3, 0.4) is 0 Å². The van der Waals surface area contributed by atoms with Crippen molar-refractivity contribution in [2.75, 3.05) is 19.1 Å². The summed E-state index contributed by atoms with van der Waals surface area (Å²) in [6, 6.07) is 13.1. The predicted molar refractivity (Wildman–Crippen MR) is 109 cm³/mol. The van der Waals surface area contributed by atoms with Gasteiger partial charge in [0.05, 0.1) is 19.8 Å². The van der Waals surface area contributed by atoms with E-state index in [1.807, 2.05) is 0 Å². The van der Waals surface area contributed by atoms with Gasteiger partial charge in [0.15, 0.2) is 0 Å². The Morgan fingerprint density at radius 3 is 2.47 bits per heavy atom. The van der Waals surface area contributed by atoms with Crippen LogP contribution in [-0.2, 0) is 25.7 Å². The summed E-state index contributed by atoms with van der Waals surface area (Å²) in [5.74, 6) is -1.20. The molecular weight excluding hydrogens is 389 g/mol. The van der Waals surface area contributed by atoms with Gasteiger partial charge in [0.25, 0.3) is 0 Å².